The molecule has 0 spiro atoms. The van der Waals surface area contributed by atoms with E-state index >= 15 is 0 Å². The minimum atomic E-state index is 0.419. The number of nitrogens with two attached hydrogens (primary N) is 1. The second kappa shape index (κ2) is 5.49. The highest BCUT2D eigenvalue weighted by Gasteiger charge is 2.31. The van der Waals surface area contributed by atoms with Gasteiger partial charge in [0, 0.05) is 29.9 Å². The van der Waals surface area contributed by atoms with Crippen LogP contribution in [0, 0.1) is 11.3 Å². The van der Waals surface area contributed by atoms with E-state index in [1.807, 2.05) is 18.2 Å². The summed E-state index contributed by atoms with van der Waals surface area (Å²) in [6.45, 7) is 3.27. The number of nitriles is 1. The molecule has 2 aromatic rings. The molecule has 0 saturated carbocycles. The normalized spacial score (nSPS) is 21.2. The van der Waals surface area contributed by atoms with Crippen molar-refractivity contribution in [3.05, 3.63) is 59.7 Å². The smallest absolute Gasteiger partial charge is 0.101 e. The molecule has 0 unspecified atom stereocenters. The molecule has 21 heavy (non-hydrogen) atoms. The van der Waals surface area contributed by atoms with Gasteiger partial charge < -0.3 is 10.6 Å². The summed E-state index contributed by atoms with van der Waals surface area (Å²) < 4.78 is 0. The largest absolute Gasteiger partial charge is 0.398 e. The maximum atomic E-state index is 9.13. The first kappa shape index (κ1) is 13.5. The molecule has 0 aromatic heterocycles. The molecule has 1 saturated heterocycles. The highest BCUT2D eigenvalue weighted by Crippen LogP contribution is 2.36. The van der Waals surface area contributed by atoms with Crippen molar-refractivity contribution in [2.24, 2.45) is 0 Å². The Kier molecular flexibility index (Phi) is 3.53. The van der Waals surface area contributed by atoms with Crippen LogP contribution in [0.15, 0.2) is 48.5 Å². The molecule has 2 aromatic carbocycles. The number of hydrogen-bond acceptors (Lipinski definition) is 3. The molecule has 3 rings (SSSR count). The zero-order valence-corrected chi connectivity index (χ0v) is 12.2. The molecule has 2 N–H and O–H groups in total. The molecule has 106 valence electrons. The third-order valence-electron chi connectivity index (χ3n) is 4.47. The van der Waals surface area contributed by atoms with Gasteiger partial charge in [-0.05, 0) is 37.1 Å². The van der Waals surface area contributed by atoms with Crippen molar-refractivity contribution in [3.63, 3.8) is 0 Å². The van der Waals surface area contributed by atoms with Crippen molar-refractivity contribution in [1.29, 1.82) is 5.26 Å². The molecule has 1 aliphatic rings. The average Bonchev–Trinajstić information content (AvgIpc) is 2.90. The molecule has 0 radical (unpaired) electrons. The summed E-state index contributed by atoms with van der Waals surface area (Å²) >= 11 is 0. The van der Waals surface area contributed by atoms with E-state index in [4.69, 9.17) is 11.0 Å². The van der Waals surface area contributed by atoms with Crippen molar-refractivity contribution in [1.82, 2.24) is 0 Å². The van der Waals surface area contributed by atoms with Gasteiger partial charge in [-0.15, -0.1) is 0 Å². The van der Waals surface area contributed by atoms with Gasteiger partial charge in [-0.1, -0.05) is 30.3 Å². The van der Waals surface area contributed by atoms with Gasteiger partial charge in [0.15, 0.2) is 0 Å². The lowest BCUT2D eigenvalue weighted by Crippen LogP contribution is -2.29. The summed E-state index contributed by atoms with van der Waals surface area (Å²) in [4.78, 5) is 2.37. The molecule has 3 nitrogen and oxygen atoms in total. The molecule has 0 amide bonds. The lowest BCUT2D eigenvalue weighted by Gasteiger charge is -2.27. The number of rotatable bonds is 2. The van der Waals surface area contributed by atoms with Crippen molar-refractivity contribution < 1.29 is 0 Å². The third kappa shape index (κ3) is 2.45. The SMILES string of the molecule is C[C@H]1[C@H](c2ccccc2)CCN1c1ccc(N)c(C#N)c1. The summed E-state index contributed by atoms with van der Waals surface area (Å²) in [6.07, 6.45) is 1.14. The van der Waals surface area contributed by atoms with Crippen molar-refractivity contribution >= 4 is 11.4 Å². The topological polar surface area (TPSA) is 53.0 Å². The van der Waals surface area contributed by atoms with E-state index in [0.717, 1.165) is 18.7 Å². The summed E-state index contributed by atoms with van der Waals surface area (Å²) in [6, 6.07) is 19.0. The molecular weight excluding hydrogens is 258 g/mol. The van der Waals surface area contributed by atoms with Crippen molar-refractivity contribution in [2.45, 2.75) is 25.3 Å². The Hall–Kier alpha value is -2.47. The number of hydrogen-bond donors (Lipinski definition) is 1. The van der Waals surface area contributed by atoms with E-state index in [9.17, 15) is 0 Å². The minimum Gasteiger partial charge on any atom is -0.398 e. The first-order valence-electron chi connectivity index (χ1n) is 7.32. The van der Waals surface area contributed by atoms with Gasteiger partial charge in [0.25, 0.3) is 0 Å². The molecule has 0 aliphatic carbocycles. The number of anilines is 2. The third-order valence-corrected chi connectivity index (χ3v) is 4.47. The Labute approximate surface area is 125 Å². The molecule has 1 fully saturated rings. The van der Waals surface area contributed by atoms with Crippen LogP contribution in [0.5, 0.6) is 0 Å². The fourth-order valence-corrected chi connectivity index (χ4v) is 3.27. The fourth-order valence-electron chi connectivity index (χ4n) is 3.27. The lowest BCUT2D eigenvalue weighted by molar-refractivity contribution is 0.635. The number of benzene rings is 2. The Morgan fingerprint density at radius 3 is 2.67 bits per heavy atom. The summed E-state index contributed by atoms with van der Waals surface area (Å²) in [5.41, 5.74) is 9.40. The van der Waals surface area contributed by atoms with Crippen LogP contribution in [0.4, 0.5) is 11.4 Å². The van der Waals surface area contributed by atoms with Crippen molar-refractivity contribution in [2.75, 3.05) is 17.2 Å². The van der Waals surface area contributed by atoms with Crippen molar-refractivity contribution in [3.8, 4) is 6.07 Å². The van der Waals surface area contributed by atoms with E-state index in [2.05, 4.69) is 48.2 Å². The van der Waals surface area contributed by atoms with Crippen LogP contribution >= 0.6 is 0 Å². The van der Waals surface area contributed by atoms with E-state index in [1.54, 1.807) is 0 Å². The first-order valence-corrected chi connectivity index (χ1v) is 7.32. The predicted octanol–water partition coefficient (Wildman–Crippen LogP) is 3.52. The van der Waals surface area contributed by atoms with Gasteiger partial charge >= 0.3 is 0 Å². The highest BCUT2D eigenvalue weighted by atomic mass is 15.2. The van der Waals surface area contributed by atoms with Crippen LogP contribution < -0.4 is 10.6 Å². The molecular formula is C18H19N3. The van der Waals surface area contributed by atoms with Gasteiger partial charge in [-0.25, -0.2) is 0 Å². The van der Waals surface area contributed by atoms with Crippen LogP contribution in [0.1, 0.15) is 30.4 Å². The van der Waals surface area contributed by atoms with Crippen LogP contribution in [0.3, 0.4) is 0 Å². The molecule has 1 aliphatic heterocycles. The standard InChI is InChI=1S/C18H19N3/c1-13-17(14-5-3-2-4-6-14)9-10-21(13)16-7-8-18(20)15(11-16)12-19/h2-8,11,13,17H,9-10,20H2,1H3/t13-,17+/m0/s1. The summed E-state index contributed by atoms with van der Waals surface area (Å²) in [5, 5.41) is 9.13. The van der Waals surface area contributed by atoms with E-state index in [0.29, 0.717) is 23.2 Å². The van der Waals surface area contributed by atoms with Gasteiger partial charge in [-0.3, -0.25) is 0 Å². The molecule has 1 heterocycles. The zero-order valence-electron chi connectivity index (χ0n) is 12.2. The zero-order chi connectivity index (χ0) is 14.8. The number of nitrogen functional groups attached to an aromatic ring is 1. The molecule has 0 bridgehead atoms. The average molecular weight is 277 g/mol. The fraction of sp³-hybridized carbons (Fsp3) is 0.278. The van der Waals surface area contributed by atoms with Gasteiger partial charge in [0.2, 0.25) is 0 Å². The maximum Gasteiger partial charge on any atom is 0.101 e. The number of nitrogens with zero attached hydrogens (tertiary/aromatic N) is 2. The Balaban J connectivity index is 1.87. The van der Waals surface area contributed by atoms with E-state index in [1.165, 1.54) is 5.56 Å². The first-order chi connectivity index (χ1) is 10.2. The monoisotopic (exact) mass is 277 g/mol. The summed E-state index contributed by atoms with van der Waals surface area (Å²) in [5.74, 6) is 0.536. The van der Waals surface area contributed by atoms with Crippen LogP contribution in [0.25, 0.3) is 0 Å². The second-order valence-electron chi connectivity index (χ2n) is 5.62. The Bertz CT molecular complexity index is 673. The van der Waals surface area contributed by atoms with Gasteiger partial charge in [0.1, 0.15) is 6.07 Å². The molecule has 3 heteroatoms. The van der Waals surface area contributed by atoms with Crippen LogP contribution in [-0.2, 0) is 0 Å². The van der Waals surface area contributed by atoms with Crippen LogP contribution in [0.2, 0.25) is 0 Å². The van der Waals surface area contributed by atoms with Gasteiger partial charge in [-0.2, -0.15) is 5.26 Å². The van der Waals surface area contributed by atoms with E-state index < -0.39 is 0 Å². The Morgan fingerprint density at radius 1 is 1.19 bits per heavy atom. The second-order valence-corrected chi connectivity index (χ2v) is 5.62. The highest BCUT2D eigenvalue weighted by molar-refractivity contribution is 5.63. The predicted molar refractivity (Wildman–Crippen MR) is 86.2 cm³/mol. The maximum absolute atomic E-state index is 9.13. The van der Waals surface area contributed by atoms with Crippen LogP contribution in [-0.4, -0.2) is 12.6 Å². The molecule has 2 atom stereocenters. The van der Waals surface area contributed by atoms with E-state index in [-0.39, 0.29) is 0 Å². The summed E-state index contributed by atoms with van der Waals surface area (Å²) in [7, 11) is 0. The minimum absolute atomic E-state index is 0.419. The van der Waals surface area contributed by atoms with Gasteiger partial charge in [0.05, 0.1) is 5.56 Å². The Morgan fingerprint density at radius 2 is 1.95 bits per heavy atom. The quantitative estimate of drug-likeness (QED) is 0.854. The lowest BCUT2D eigenvalue weighted by atomic mass is 9.93.